The standard InChI is InChI=1S/C8H17NO2S/c1-3-7(2)9-8-4-5-12(10,11)6-8/h7-9H,3-6H2,1-2H3/t7-,8-/m0/s1. The third kappa shape index (κ3) is 2.75. The average Bonchev–Trinajstić information content (AvgIpc) is 2.30. The Hall–Kier alpha value is -0.0900. The third-order valence-electron chi connectivity index (χ3n) is 2.37. The summed E-state index contributed by atoms with van der Waals surface area (Å²) in [4.78, 5) is 0. The van der Waals surface area contributed by atoms with E-state index in [0.29, 0.717) is 17.5 Å². The maximum absolute atomic E-state index is 11.1. The van der Waals surface area contributed by atoms with Gasteiger partial charge in [0, 0.05) is 12.1 Å². The Morgan fingerprint density at radius 2 is 2.25 bits per heavy atom. The van der Waals surface area contributed by atoms with Crippen LogP contribution in [0.1, 0.15) is 26.7 Å². The third-order valence-corrected chi connectivity index (χ3v) is 4.13. The monoisotopic (exact) mass is 191 g/mol. The van der Waals surface area contributed by atoms with E-state index in [1.54, 1.807) is 0 Å². The largest absolute Gasteiger partial charge is 0.310 e. The van der Waals surface area contributed by atoms with Crippen LogP contribution in [0.4, 0.5) is 0 Å². The van der Waals surface area contributed by atoms with Crippen molar-refractivity contribution in [3.8, 4) is 0 Å². The molecule has 1 aliphatic heterocycles. The summed E-state index contributed by atoms with van der Waals surface area (Å²) in [5.41, 5.74) is 0. The molecule has 4 heteroatoms. The summed E-state index contributed by atoms with van der Waals surface area (Å²) in [5.74, 6) is 0.693. The Morgan fingerprint density at radius 1 is 1.58 bits per heavy atom. The topological polar surface area (TPSA) is 46.2 Å². The maximum atomic E-state index is 11.1. The summed E-state index contributed by atoms with van der Waals surface area (Å²) in [6.45, 7) is 4.19. The van der Waals surface area contributed by atoms with E-state index in [9.17, 15) is 8.42 Å². The number of sulfone groups is 1. The van der Waals surface area contributed by atoms with E-state index in [-0.39, 0.29) is 6.04 Å². The molecule has 1 saturated heterocycles. The Bertz CT molecular complexity index is 235. The van der Waals surface area contributed by atoms with E-state index < -0.39 is 9.84 Å². The highest BCUT2D eigenvalue weighted by Gasteiger charge is 2.27. The quantitative estimate of drug-likeness (QED) is 0.709. The first kappa shape index (κ1) is 9.99. The SMILES string of the molecule is CC[C@H](C)N[C@H]1CCS(=O)(=O)C1. The number of nitrogens with one attached hydrogen (secondary N) is 1. The van der Waals surface area contributed by atoms with Crippen LogP contribution in [0.2, 0.25) is 0 Å². The smallest absolute Gasteiger partial charge is 0.151 e. The Labute approximate surface area is 74.5 Å². The van der Waals surface area contributed by atoms with Gasteiger partial charge in [0.05, 0.1) is 11.5 Å². The van der Waals surface area contributed by atoms with E-state index in [0.717, 1.165) is 12.8 Å². The van der Waals surface area contributed by atoms with Gasteiger partial charge in [0.2, 0.25) is 0 Å². The molecule has 0 amide bonds. The predicted octanol–water partition coefficient (Wildman–Crippen LogP) is 0.562. The number of rotatable bonds is 3. The minimum atomic E-state index is -2.71. The molecule has 12 heavy (non-hydrogen) atoms. The molecule has 1 heterocycles. The van der Waals surface area contributed by atoms with E-state index in [2.05, 4.69) is 19.2 Å². The van der Waals surface area contributed by atoms with Crippen LogP contribution in [0.3, 0.4) is 0 Å². The molecule has 1 N–H and O–H groups in total. The summed E-state index contributed by atoms with van der Waals surface area (Å²) in [5, 5.41) is 3.30. The molecule has 0 aromatic rings. The van der Waals surface area contributed by atoms with Crippen molar-refractivity contribution < 1.29 is 8.42 Å². The van der Waals surface area contributed by atoms with E-state index in [4.69, 9.17) is 0 Å². The van der Waals surface area contributed by atoms with Crippen molar-refractivity contribution in [3.05, 3.63) is 0 Å². The first-order chi connectivity index (χ1) is 5.53. The molecule has 1 fully saturated rings. The molecule has 0 spiro atoms. The Balaban J connectivity index is 2.38. The molecular formula is C8H17NO2S. The van der Waals surface area contributed by atoms with Crippen LogP contribution in [0.25, 0.3) is 0 Å². The molecule has 0 radical (unpaired) electrons. The Kier molecular flexibility index (Phi) is 3.12. The van der Waals surface area contributed by atoms with Gasteiger partial charge in [0.25, 0.3) is 0 Å². The van der Waals surface area contributed by atoms with Gasteiger partial charge in [-0.2, -0.15) is 0 Å². The van der Waals surface area contributed by atoms with Crippen LogP contribution in [-0.4, -0.2) is 32.0 Å². The van der Waals surface area contributed by atoms with Crippen molar-refractivity contribution in [2.24, 2.45) is 0 Å². The van der Waals surface area contributed by atoms with E-state index in [1.807, 2.05) is 0 Å². The molecule has 0 bridgehead atoms. The zero-order chi connectivity index (χ0) is 9.19. The van der Waals surface area contributed by atoms with Gasteiger partial charge < -0.3 is 5.32 Å². The molecule has 0 unspecified atom stereocenters. The highest BCUT2D eigenvalue weighted by atomic mass is 32.2. The first-order valence-electron chi connectivity index (χ1n) is 4.50. The van der Waals surface area contributed by atoms with Crippen molar-refractivity contribution in [2.75, 3.05) is 11.5 Å². The summed E-state index contributed by atoms with van der Waals surface area (Å²) >= 11 is 0. The van der Waals surface area contributed by atoms with E-state index >= 15 is 0 Å². The van der Waals surface area contributed by atoms with Crippen LogP contribution in [-0.2, 0) is 9.84 Å². The van der Waals surface area contributed by atoms with Crippen LogP contribution < -0.4 is 5.32 Å². The molecule has 72 valence electrons. The van der Waals surface area contributed by atoms with Crippen LogP contribution in [0, 0.1) is 0 Å². The lowest BCUT2D eigenvalue weighted by atomic mass is 10.2. The molecular weight excluding hydrogens is 174 g/mol. The second-order valence-electron chi connectivity index (χ2n) is 3.58. The van der Waals surface area contributed by atoms with Crippen molar-refractivity contribution in [1.82, 2.24) is 5.32 Å². The molecule has 2 atom stereocenters. The molecule has 0 aromatic carbocycles. The van der Waals surface area contributed by atoms with Gasteiger partial charge >= 0.3 is 0 Å². The van der Waals surface area contributed by atoms with Crippen molar-refractivity contribution in [3.63, 3.8) is 0 Å². The van der Waals surface area contributed by atoms with Gasteiger partial charge in [0.1, 0.15) is 0 Å². The number of hydrogen-bond acceptors (Lipinski definition) is 3. The normalized spacial score (nSPS) is 30.3. The van der Waals surface area contributed by atoms with Crippen LogP contribution >= 0.6 is 0 Å². The predicted molar refractivity (Wildman–Crippen MR) is 49.9 cm³/mol. The zero-order valence-corrected chi connectivity index (χ0v) is 8.52. The Morgan fingerprint density at radius 3 is 2.67 bits per heavy atom. The fourth-order valence-corrected chi connectivity index (χ4v) is 3.13. The molecule has 1 aliphatic rings. The highest BCUT2D eigenvalue weighted by molar-refractivity contribution is 7.91. The van der Waals surface area contributed by atoms with Gasteiger partial charge in [0.15, 0.2) is 9.84 Å². The van der Waals surface area contributed by atoms with Gasteiger partial charge in [-0.1, -0.05) is 6.92 Å². The van der Waals surface area contributed by atoms with Crippen molar-refractivity contribution in [1.29, 1.82) is 0 Å². The zero-order valence-electron chi connectivity index (χ0n) is 7.71. The van der Waals surface area contributed by atoms with Crippen LogP contribution in [0.5, 0.6) is 0 Å². The van der Waals surface area contributed by atoms with Crippen LogP contribution in [0.15, 0.2) is 0 Å². The lowest BCUT2D eigenvalue weighted by Gasteiger charge is -2.16. The lowest BCUT2D eigenvalue weighted by molar-refractivity contribution is 0.462. The molecule has 0 aliphatic carbocycles. The second-order valence-corrected chi connectivity index (χ2v) is 5.80. The van der Waals surface area contributed by atoms with Gasteiger partial charge in [-0.25, -0.2) is 8.42 Å². The summed E-state index contributed by atoms with van der Waals surface area (Å²) in [6.07, 6.45) is 1.84. The summed E-state index contributed by atoms with van der Waals surface area (Å²) < 4.78 is 22.1. The van der Waals surface area contributed by atoms with Gasteiger partial charge in [-0.3, -0.25) is 0 Å². The lowest BCUT2D eigenvalue weighted by Crippen LogP contribution is -2.36. The summed E-state index contributed by atoms with van der Waals surface area (Å²) in [6, 6.07) is 0.633. The average molecular weight is 191 g/mol. The number of hydrogen-bond donors (Lipinski definition) is 1. The molecule has 1 rings (SSSR count). The van der Waals surface area contributed by atoms with Crippen molar-refractivity contribution in [2.45, 2.75) is 38.8 Å². The molecule has 0 aromatic heterocycles. The van der Waals surface area contributed by atoms with Gasteiger partial charge in [-0.15, -0.1) is 0 Å². The minimum Gasteiger partial charge on any atom is -0.310 e. The fourth-order valence-electron chi connectivity index (χ4n) is 1.45. The molecule has 0 saturated carbocycles. The first-order valence-corrected chi connectivity index (χ1v) is 6.32. The second kappa shape index (κ2) is 3.75. The minimum absolute atomic E-state index is 0.199. The van der Waals surface area contributed by atoms with E-state index in [1.165, 1.54) is 0 Å². The van der Waals surface area contributed by atoms with Crippen molar-refractivity contribution >= 4 is 9.84 Å². The maximum Gasteiger partial charge on any atom is 0.151 e. The summed E-state index contributed by atoms with van der Waals surface area (Å²) in [7, 11) is -2.71. The molecule has 3 nitrogen and oxygen atoms in total. The van der Waals surface area contributed by atoms with Gasteiger partial charge in [-0.05, 0) is 19.8 Å². The fraction of sp³-hybridized carbons (Fsp3) is 1.00. The highest BCUT2D eigenvalue weighted by Crippen LogP contribution is 2.12.